The van der Waals surface area contributed by atoms with E-state index < -0.39 is 32.4 Å². The molecule has 0 aromatic carbocycles. The quantitative estimate of drug-likeness (QED) is 0.432. The number of phosphoric ester groups is 1. The molecule has 0 bridgehead atoms. The molecule has 2 fully saturated rings. The number of anilines is 1. The molecule has 5 atom stereocenters. The summed E-state index contributed by atoms with van der Waals surface area (Å²) in [5.41, 5.74) is 6.45. The fourth-order valence-electron chi connectivity index (χ4n) is 2.67. The largest absolute Gasteiger partial charge is 0.472 e. The maximum atomic E-state index is 11.5. The normalized spacial score (nSPS) is 37.2. The van der Waals surface area contributed by atoms with Crippen LogP contribution >= 0.6 is 23.8 Å². The molecule has 11 nitrogen and oxygen atoms in total. The Morgan fingerprint density at radius 1 is 1.48 bits per heavy atom. The number of hydrogen-bond acceptors (Lipinski definition) is 9. The van der Waals surface area contributed by atoms with E-state index in [4.69, 9.17) is 19.5 Å². The smallest absolute Gasteiger partial charge is 0.386 e. The molecule has 2 aromatic heterocycles. The second-order valence-corrected chi connectivity index (χ2v) is 7.19. The Bertz CT molecular complexity index is 831. The molecule has 2 aromatic rings. The van der Waals surface area contributed by atoms with E-state index >= 15 is 0 Å². The number of fused-ring (bicyclic) bond motifs is 2. The second kappa shape index (κ2) is 5.18. The Labute approximate surface area is 137 Å². The number of halogens is 1. The lowest BCUT2D eigenvalue weighted by atomic mass is 10.1. The molecule has 2 saturated heterocycles. The Balaban J connectivity index is 1.76. The van der Waals surface area contributed by atoms with Crippen LogP contribution in [-0.2, 0) is 18.3 Å². The van der Waals surface area contributed by atoms with E-state index in [1.807, 2.05) is 0 Å². The lowest BCUT2D eigenvalue weighted by Gasteiger charge is -2.27. The van der Waals surface area contributed by atoms with Crippen LogP contribution in [-0.4, -0.2) is 54.4 Å². The number of imidazole rings is 1. The highest BCUT2D eigenvalue weighted by Crippen LogP contribution is 2.52. The first-order chi connectivity index (χ1) is 10.9. The third-order valence-corrected chi connectivity index (χ3v) is 5.23. The second-order valence-electron chi connectivity index (χ2n) is 5.07. The van der Waals surface area contributed by atoms with Crippen molar-refractivity contribution in [2.75, 3.05) is 12.3 Å². The van der Waals surface area contributed by atoms with Gasteiger partial charge in [0.05, 0.1) is 6.61 Å². The minimum Gasteiger partial charge on any atom is -0.386 e. The minimum atomic E-state index is -4.19. The van der Waals surface area contributed by atoms with E-state index in [-0.39, 0.29) is 12.4 Å². The van der Waals surface area contributed by atoms with Gasteiger partial charge in [-0.3, -0.25) is 13.6 Å². The highest BCUT2D eigenvalue weighted by Gasteiger charge is 2.53. The average molecular weight is 408 g/mol. The summed E-state index contributed by atoms with van der Waals surface area (Å²) in [6.45, 7) is -0.173. The predicted molar refractivity (Wildman–Crippen MR) is 78.0 cm³/mol. The van der Waals surface area contributed by atoms with Gasteiger partial charge in [-0.15, -0.1) is 0 Å². The molecule has 2 aliphatic rings. The first-order valence-electron chi connectivity index (χ1n) is 6.50. The Hall–Kier alpha value is -1.14. The molecule has 3 unspecified atom stereocenters. The van der Waals surface area contributed by atoms with Gasteiger partial charge in [-0.1, -0.05) is 0 Å². The third kappa shape index (κ3) is 2.38. The van der Waals surface area contributed by atoms with E-state index in [9.17, 15) is 14.6 Å². The lowest BCUT2D eigenvalue weighted by Crippen LogP contribution is -2.39. The lowest BCUT2D eigenvalue weighted by molar-refractivity contribution is -0.0669. The summed E-state index contributed by atoms with van der Waals surface area (Å²) in [6.07, 6.45) is -2.62. The molecule has 4 heterocycles. The van der Waals surface area contributed by atoms with Gasteiger partial charge in [0.15, 0.2) is 27.9 Å². The van der Waals surface area contributed by atoms with Crippen LogP contribution in [0.2, 0.25) is 0 Å². The van der Waals surface area contributed by atoms with Gasteiger partial charge in [-0.2, -0.15) is 0 Å². The Morgan fingerprint density at radius 2 is 2.26 bits per heavy atom. The van der Waals surface area contributed by atoms with Crippen molar-refractivity contribution in [2.45, 2.75) is 24.5 Å². The molecule has 4 rings (SSSR count). The van der Waals surface area contributed by atoms with Gasteiger partial charge < -0.3 is 20.5 Å². The first kappa shape index (κ1) is 15.4. The minimum absolute atomic E-state index is 0.173. The van der Waals surface area contributed by atoms with Crippen molar-refractivity contribution in [1.82, 2.24) is 19.5 Å². The highest BCUT2D eigenvalue weighted by molar-refractivity contribution is 9.10. The number of hydrogen-bond donors (Lipinski definition) is 3. The summed E-state index contributed by atoms with van der Waals surface area (Å²) in [4.78, 5) is 21.5. The number of nitrogen functional groups attached to an aromatic ring is 1. The van der Waals surface area contributed by atoms with Crippen molar-refractivity contribution in [3.8, 4) is 0 Å². The number of aliphatic hydroxyl groups excluding tert-OH is 1. The number of rotatable bonds is 1. The summed E-state index contributed by atoms with van der Waals surface area (Å²) in [7, 11) is -4.19. The topological polar surface area (TPSA) is 155 Å². The molecule has 0 amide bonds. The van der Waals surface area contributed by atoms with Crippen LogP contribution < -0.4 is 5.73 Å². The van der Waals surface area contributed by atoms with Gasteiger partial charge in [0.2, 0.25) is 0 Å². The zero-order valence-electron chi connectivity index (χ0n) is 11.3. The zero-order chi connectivity index (χ0) is 16.4. The van der Waals surface area contributed by atoms with Crippen LogP contribution in [0.3, 0.4) is 0 Å². The van der Waals surface area contributed by atoms with Crippen LogP contribution in [0.25, 0.3) is 11.2 Å². The number of aromatic nitrogens is 4. The van der Waals surface area contributed by atoms with Gasteiger partial charge in [-0.05, 0) is 15.9 Å². The maximum absolute atomic E-state index is 11.5. The van der Waals surface area contributed by atoms with E-state index in [0.29, 0.717) is 15.9 Å². The van der Waals surface area contributed by atoms with Gasteiger partial charge in [-0.25, -0.2) is 19.5 Å². The monoisotopic (exact) mass is 407 g/mol. The molecule has 0 saturated carbocycles. The van der Waals surface area contributed by atoms with Crippen LogP contribution in [0.4, 0.5) is 5.82 Å². The fourth-order valence-corrected chi connectivity index (χ4v) is 4.19. The maximum Gasteiger partial charge on any atom is 0.472 e. The Morgan fingerprint density at radius 3 is 3.04 bits per heavy atom. The molecule has 2 aliphatic heterocycles. The molecule has 0 radical (unpaired) electrons. The first-order valence-corrected chi connectivity index (χ1v) is 8.79. The van der Waals surface area contributed by atoms with Crippen LogP contribution in [0, 0.1) is 0 Å². The van der Waals surface area contributed by atoms with E-state index in [1.165, 1.54) is 10.9 Å². The molecular formula is C10H11BrN5O6P. The van der Waals surface area contributed by atoms with Crippen LogP contribution in [0.5, 0.6) is 0 Å². The van der Waals surface area contributed by atoms with E-state index in [2.05, 4.69) is 30.9 Å². The molecule has 0 spiro atoms. The van der Waals surface area contributed by atoms with Crippen molar-refractivity contribution >= 4 is 40.7 Å². The summed E-state index contributed by atoms with van der Waals surface area (Å²) in [5, 5.41) is 10.5. The van der Waals surface area contributed by atoms with Crippen molar-refractivity contribution in [3.63, 3.8) is 0 Å². The van der Waals surface area contributed by atoms with Crippen molar-refractivity contribution in [2.24, 2.45) is 0 Å². The molecule has 23 heavy (non-hydrogen) atoms. The number of aliphatic hydroxyl groups is 1. The van der Waals surface area contributed by atoms with Crippen molar-refractivity contribution in [1.29, 1.82) is 0 Å². The zero-order valence-corrected chi connectivity index (χ0v) is 13.8. The fraction of sp³-hybridized carbons (Fsp3) is 0.500. The van der Waals surface area contributed by atoms with Crippen molar-refractivity contribution < 1.29 is 28.3 Å². The van der Waals surface area contributed by atoms with Gasteiger partial charge >= 0.3 is 7.82 Å². The third-order valence-electron chi connectivity index (χ3n) is 3.68. The van der Waals surface area contributed by atoms with Crippen LogP contribution in [0.15, 0.2) is 11.1 Å². The number of nitrogens with zero attached hydrogens (tertiary/aromatic N) is 4. The summed E-state index contributed by atoms with van der Waals surface area (Å²) in [6, 6.07) is 0. The molecule has 0 aliphatic carbocycles. The van der Waals surface area contributed by atoms with E-state index in [0.717, 1.165) is 0 Å². The van der Waals surface area contributed by atoms with Crippen molar-refractivity contribution in [3.05, 3.63) is 11.1 Å². The number of nitrogens with two attached hydrogens (primary N) is 1. The number of ether oxygens (including phenoxy) is 1. The van der Waals surface area contributed by atoms with Gasteiger partial charge in [0, 0.05) is 0 Å². The highest BCUT2D eigenvalue weighted by atomic mass is 79.9. The van der Waals surface area contributed by atoms with E-state index in [1.54, 1.807) is 0 Å². The number of phosphoric acid groups is 1. The standard InChI is InChI=1S/C10H11BrN5O6P/c11-10-15-4-7(12)13-2-14-8(4)16(10)9-5(17)6-3(21-9)1-20-23(18,19)22-6/h2-3,5-6,9,17H,1H2,(H,18,19)(H2,12,13,14)/t3-,5?,6?,9-/m1/s1. The van der Waals surface area contributed by atoms with Gasteiger partial charge in [0.25, 0.3) is 0 Å². The molecule has 4 N–H and O–H groups in total. The predicted octanol–water partition coefficient (Wildman–Crippen LogP) is -0.0549. The van der Waals surface area contributed by atoms with Gasteiger partial charge in [0.1, 0.15) is 24.6 Å². The Kier molecular flexibility index (Phi) is 3.47. The molecule has 13 heteroatoms. The summed E-state index contributed by atoms with van der Waals surface area (Å²) >= 11 is 3.26. The summed E-state index contributed by atoms with van der Waals surface area (Å²) < 4.78 is 28.6. The van der Waals surface area contributed by atoms with Crippen LogP contribution in [0.1, 0.15) is 6.23 Å². The molecule has 124 valence electrons. The SMILES string of the molecule is Nc1ncnc2c1nc(Br)n2[C@@H]1O[C@@H]2COP(=O)(O)OC2C1O. The molecular weight excluding hydrogens is 397 g/mol. The summed E-state index contributed by atoms with van der Waals surface area (Å²) in [5.74, 6) is 0.179. The average Bonchev–Trinajstić information content (AvgIpc) is 2.97.